The molecule has 0 spiro atoms. The zero-order chi connectivity index (χ0) is 13.8. The fourth-order valence-electron chi connectivity index (χ4n) is 2.50. The Kier molecular flexibility index (Phi) is 4.43. The summed E-state index contributed by atoms with van der Waals surface area (Å²) in [6, 6.07) is 7.95. The maximum atomic E-state index is 11.8. The second kappa shape index (κ2) is 6.07. The Bertz CT molecular complexity index is 524. The lowest BCUT2D eigenvalue weighted by Gasteiger charge is -2.34. The molecule has 1 fully saturated rings. The van der Waals surface area contributed by atoms with Crippen LogP contribution in [0.15, 0.2) is 22.7 Å². The van der Waals surface area contributed by atoms with Gasteiger partial charge in [0.25, 0.3) is 0 Å². The van der Waals surface area contributed by atoms with Crippen LogP contribution in [0, 0.1) is 17.2 Å². The first kappa shape index (κ1) is 13.9. The molecule has 0 bridgehead atoms. The number of carbonyl (C=O) groups excluding carboxylic acids is 1. The summed E-state index contributed by atoms with van der Waals surface area (Å²) in [6.45, 7) is 1.56. The van der Waals surface area contributed by atoms with Crippen molar-refractivity contribution < 1.29 is 4.79 Å². The van der Waals surface area contributed by atoms with Crippen molar-refractivity contribution in [1.29, 1.82) is 5.26 Å². The van der Waals surface area contributed by atoms with Crippen molar-refractivity contribution in [3.63, 3.8) is 0 Å². The third kappa shape index (κ3) is 2.90. The van der Waals surface area contributed by atoms with Crippen molar-refractivity contribution in [2.75, 3.05) is 25.0 Å². The van der Waals surface area contributed by atoms with Gasteiger partial charge in [-0.1, -0.05) is 6.07 Å². The van der Waals surface area contributed by atoms with E-state index in [0.29, 0.717) is 12.1 Å². The lowest BCUT2D eigenvalue weighted by atomic mass is 9.96. The summed E-state index contributed by atoms with van der Waals surface area (Å²) in [5.74, 6) is 0.0856. The maximum absolute atomic E-state index is 11.8. The highest BCUT2D eigenvalue weighted by Gasteiger charge is 2.26. The number of hydrogen-bond acceptors (Lipinski definition) is 3. The van der Waals surface area contributed by atoms with Crippen molar-refractivity contribution in [3.8, 4) is 6.07 Å². The summed E-state index contributed by atoms with van der Waals surface area (Å²) >= 11 is 3.40. The van der Waals surface area contributed by atoms with Gasteiger partial charge in [0.2, 0.25) is 5.91 Å². The van der Waals surface area contributed by atoms with Crippen molar-refractivity contribution in [1.82, 2.24) is 5.32 Å². The molecule has 4 nitrogen and oxygen atoms in total. The van der Waals surface area contributed by atoms with Gasteiger partial charge < -0.3 is 10.2 Å². The van der Waals surface area contributed by atoms with Crippen LogP contribution in [0.5, 0.6) is 0 Å². The number of halogens is 1. The Morgan fingerprint density at radius 1 is 1.58 bits per heavy atom. The minimum absolute atomic E-state index is 0.00396. The fourth-order valence-corrected chi connectivity index (χ4v) is 2.95. The normalized spacial score (nSPS) is 18.8. The van der Waals surface area contributed by atoms with E-state index < -0.39 is 0 Å². The molecule has 1 atom stereocenters. The topological polar surface area (TPSA) is 56.1 Å². The molecule has 1 aliphatic rings. The molecule has 0 aliphatic carbocycles. The maximum Gasteiger partial charge on any atom is 0.224 e. The van der Waals surface area contributed by atoms with Gasteiger partial charge >= 0.3 is 0 Å². The van der Waals surface area contributed by atoms with Gasteiger partial charge in [-0.05, 0) is 40.9 Å². The highest BCUT2D eigenvalue weighted by molar-refractivity contribution is 9.10. The largest absolute Gasteiger partial charge is 0.370 e. The number of anilines is 1. The van der Waals surface area contributed by atoms with E-state index in [1.54, 1.807) is 7.05 Å². The van der Waals surface area contributed by atoms with E-state index in [2.05, 4.69) is 32.2 Å². The minimum Gasteiger partial charge on any atom is -0.370 e. The van der Waals surface area contributed by atoms with Crippen molar-refractivity contribution in [3.05, 3.63) is 28.2 Å². The van der Waals surface area contributed by atoms with Gasteiger partial charge in [-0.25, -0.2) is 0 Å². The Hall–Kier alpha value is -1.54. The third-order valence-corrected chi connectivity index (χ3v) is 4.14. The van der Waals surface area contributed by atoms with Crippen molar-refractivity contribution in [2.24, 2.45) is 5.92 Å². The number of hydrogen-bond donors (Lipinski definition) is 1. The molecule has 19 heavy (non-hydrogen) atoms. The molecule has 1 amide bonds. The van der Waals surface area contributed by atoms with Crippen LogP contribution in [0.4, 0.5) is 5.69 Å². The highest BCUT2D eigenvalue weighted by atomic mass is 79.9. The minimum atomic E-state index is 0.00396. The number of nitrogens with one attached hydrogen (secondary N) is 1. The molecular weight excluding hydrogens is 306 g/mol. The predicted molar refractivity (Wildman–Crippen MR) is 77.9 cm³/mol. The number of amides is 1. The number of carbonyl (C=O) groups is 1. The molecule has 1 aromatic rings. The first-order valence-electron chi connectivity index (χ1n) is 6.32. The van der Waals surface area contributed by atoms with E-state index in [1.807, 2.05) is 18.2 Å². The molecule has 100 valence electrons. The van der Waals surface area contributed by atoms with Crippen LogP contribution in [0.3, 0.4) is 0 Å². The van der Waals surface area contributed by atoms with Gasteiger partial charge in [0, 0.05) is 24.6 Å². The van der Waals surface area contributed by atoms with Gasteiger partial charge in [0.15, 0.2) is 0 Å². The van der Waals surface area contributed by atoms with E-state index >= 15 is 0 Å². The van der Waals surface area contributed by atoms with Crippen LogP contribution in [0.1, 0.15) is 18.4 Å². The first-order chi connectivity index (χ1) is 9.17. The monoisotopic (exact) mass is 321 g/mol. The molecule has 1 aromatic carbocycles. The molecule has 1 N–H and O–H groups in total. The van der Waals surface area contributed by atoms with Crippen LogP contribution < -0.4 is 10.2 Å². The van der Waals surface area contributed by atoms with Gasteiger partial charge in [-0.15, -0.1) is 0 Å². The summed E-state index contributed by atoms with van der Waals surface area (Å²) in [6.07, 6.45) is 1.88. The molecule has 0 aromatic heterocycles. The smallest absolute Gasteiger partial charge is 0.224 e. The summed E-state index contributed by atoms with van der Waals surface area (Å²) in [7, 11) is 1.67. The third-order valence-electron chi connectivity index (χ3n) is 3.48. The van der Waals surface area contributed by atoms with E-state index in [0.717, 1.165) is 29.5 Å². The Balaban J connectivity index is 2.25. The Labute approximate surface area is 121 Å². The van der Waals surface area contributed by atoms with E-state index in [-0.39, 0.29) is 11.8 Å². The molecule has 1 unspecified atom stereocenters. The van der Waals surface area contributed by atoms with E-state index in [4.69, 9.17) is 0 Å². The number of rotatable bonds is 2. The van der Waals surface area contributed by atoms with Gasteiger partial charge in [-0.3, -0.25) is 4.79 Å². The number of piperidine rings is 1. The highest BCUT2D eigenvalue weighted by Crippen LogP contribution is 2.30. The predicted octanol–water partition coefficient (Wildman–Crippen LogP) is 2.28. The summed E-state index contributed by atoms with van der Waals surface area (Å²) in [5, 5.41) is 12.0. The molecule has 1 saturated heterocycles. The fraction of sp³-hybridized carbons (Fsp3) is 0.429. The molecular formula is C14H16BrN3O. The Morgan fingerprint density at radius 2 is 2.37 bits per heavy atom. The molecule has 0 radical (unpaired) electrons. The average molecular weight is 322 g/mol. The zero-order valence-electron chi connectivity index (χ0n) is 10.8. The standard InChI is InChI=1S/C14H16BrN3O/c1-17-14(19)10-4-3-7-18(9-10)13-6-2-5-12(15)11(13)8-16/h2,5-6,10H,3-4,7,9H2,1H3,(H,17,19). The quantitative estimate of drug-likeness (QED) is 0.909. The average Bonchev–Trinajstić information content (AvgIpc) is 2.46. The van der Waals surface area contributed by atoms with E-state index in [9.17, 15) is 10.1 Å². The summed E-state index contributed by atoms with van der Waals surface area (Å²) in [5.41, 5.74) is 1.55. The summed E-state index contributed by atoms with van der Waals surface area (Å²) in [4.78, 5) is 13.9. The second-order valence-corrected chi connectivity index (χ2v) is 5.50. The van der Waals surface area contributed by atoms with Crippen LogP contribution in [0.25, 0.3) is 0 Å². The molecule has 1 aliphatic heterocycles. The summed E-state index contributed by atoms with van der Waals surface area (Å²) < 4.78 is 0.801. The first-order valence-corrected chi connectivity index (χ1v) is 7.11. The number of nitriles is 1. The molecule has 1 heterocycles. The zero-order valence-corrected chi connectivity index (χ0v) is 12.4. The SMILES string of the molecule is CNC(=O)C1CCCN(c2cccc(Br)c2C#N)C1. The van der Waals surface area contributed by atoms with Gasteiger partial charge in [0.1, 0.15) is 6.07 Å². The van der Waals surface area contributed by atoms with Gasteiger partial charge in [0.05, 0.1) is 17.2 Å². The van der Waals surface area contributed by atoms with Crippen molar-refractivity contribution in [2.45, 2.75) is 12.8 Å². The van der Waals surface area contributed by atoms with Crippen LogP contribution in [0.2, 0.25) is 0 Å². The second-order valence-electron chi connectivity index (χ2n) is 4.65. The van der Waals surface area contributed by atoms with Crippen molar-refractivity contribution >= 4 is 27.5 Å². The van der Waals surface area contributed by atoms with Crippen LogP contribution >= 0.6 is 15.9 Å². The van der Waals surface area contributed by atoms with Crippen LogP contribution in [-0.2, 0) is 4.79 Å². The van der Waals surface area contributed by atoms with E-state index in [1.165, 1.54) is 0 Å². The number of nitrogens with zero attached hydrogens (tertiary/aromatic N) is 2. The van der Waals surface area contributed by atoms with Crippen LogP contribution in [-0.4, -0.2) is 26.0 Å². The Morgan fingerprint density at radius 3 is 3.05 bits per heavy atom. The lowest BCUT2D eigenvalue weighted by Crippen LogP contribution is -2.42. The number of benzene rings is 1. The van der Waals surface area contributed by atoms with Gasteiger partial charge in [-0.2, -0.15) is 5.26 Å². The molecule has 5 heteroatoms. The molecule has 2 rings (SSSR count). The lowest BCUT2D eigenvalue weighted by molar-refractivity contribution is -0.124. The molecule has 0 saturated carbocycles.